The number of aromatic nitrogens is 1. The lowest BCUT2D eigenvalue weighted by atomic mass is 10.1. The summed E-state index contributed by atoms with van der Waals surface area (Å²) in [5.41, 5.74) is 2.52. The van der Waals surface area contributed by atoms with Crippen LogP contribution in [0.25, 0.3) is 10.9 Å². The summed E-state index contributed by atoms with van der Waals surface area (Å²) in [6.07, 6.45) is 0. The van der Waals surface area contributed by atoms with Crippen molar-refractivity contribution in [1.29, 1.82) is 0 Å². The highest BCUT2D eigenvalue weighted by Crippen LogP contribution is 2.26. The van der Waals surface area contributed by atoms with E-state index in [0.29, 0.717) is 30.4 Å². The normalized spacial score (nSPS) is 18.4. The molecule has 1 aromatic heterocycles. The minimum absolute atomic E-state index is 0.0297. The zero-order chi connectivity index (χ0) is 16.1. The highest BCUT2D eigenvalue weighted by molar-refractivity contribution is 6.31. The summed E-state index contributed by atoms with van der Waals surface area (Å²) in [7, 11) is 0. The molecule has 0 unspecified atom stereocenters. The minimum atomic E-state index is -0.0347. The molecule has 0 saturated carbocycles. The number of aromatic amines is 1. The van der Waals surface area contributed by atoms with Crippen LogP contribution in [-0.4, -0.2) is 58.9 Å². The molecule has 0 radical (unpaired) electrons. The lowest BCUT2D eigenvalue weighted by molar-refractivity contribution is 0.0402. The molecule has 0 atom stereocenters. The Morgan fingerprint density at radius 1 is 1.30 bits per heavy atom. The molecule has 2 saturated heterocycles. The van der Waals surface area contributed by atoms with Crippen LogP contribution >= 0.6 is 11.6 Å². The number of amides is 3. The number of benzene rings is 1. The number of carbonyl (C=O) groups is 2. The molecule has 0 spiro atoms. The van der Waals surface area contributed by atoms with Gasteiger partial charge in [0.2, 0.25) is 0 Å². The number of nitrogens with one attached hydrogen (secondary N) is 2. The van der Waals surface area contributed by atoms with E-state index >= 15 is 0 Å². The van der Waals surface area contributed by atoms with Gasteiger partial charge in [0.1, 0.15) is 5.69 Å². The first-order valence-corrected chi connectivity index (χ1v) is 8.03. The zero-order valence-electron chi connectivity index (χ0n) is 12.7. The number of urea groups is 1. The van der Waals surface area contributed by atoms with Crippen molar-refractivity contribution in [1.82, 2.24) is 20.1 Å². The van der Waals surface area contributed by atoms with Gasteiger partial charge in [0.25, 0.3) is 5.91 Å². The number of aryl methyl sites for hydroxylation is 1. The van der Waals surface area contributed by atoms with Gasteiger partial charge in [-0.15, -0.1) is 0 Å². The van der Waals surface area contributed by atoms with E-state index < -0.39 is 0 Å². The predicted octanol–water partition coefficient (Wildman–Crippen LogP) is 1.98. The molecule has 2 N–H and O–H groups in total. The number of nitrogens with zero attached hydrogens (tertiary/aromatic N) is 2. The summed E-state index contributed by atoms with van der Waals surface area (Å²) in [6.45, 7) is 4.54. The standard InChI is InChI=1S/C16H17ClN4O2/c1-9-4-11(17)5-10-6-13(19-14(9)10)15(22)20-7-12(8-20)21-3-2-18-16(21)23/h4-6,12,19H,2-3,7-8H2,1H3,(H,18,23). The van der Waals surface area contributed by atoms with E-state index in [2.05, 4.69) is 10.3 Å². The first-order valence-electron chi connectivity index (χ1n) is 7.65. The van der Waals surface area contributed by atoms with Crippen LogP contribution in [0.5, 0.6) is 0 Å². The van der Waals surface area contributed by atoms with Crippen LogP contribution in [0, 0.1) is 6.92 Å². The van der Waals surface area contributed by atoms with Crippen LogP contribution in [0.4, 0.5) is 4.79 Å². The minimum Gasteiger partial charge on any atom is -0.350 e. The van der Waals surface area contributed by atoms with Crippen molar-refractivity contribution in [2.75, 3.05) is 26.2 Å². The van der Waals surface area contributed by atoms with Gasteiger partial charge in [-0.2, -0.15) is 0 Å². The smallest absolute Gasteiger partial charge is 0.317 e. The molecule has 2 fully saturated rings. The first kappa shape index (κ1) is 14.4. The Bertz CT molecular complexity index is 810. The van der Waals surface area contributed by atoms with E-state index in [1.165, 1.54) is 0 Å². The summed E-state index contributed by atoms with van der Waals surface area (Å²) < 4.78 is 0. The van der Waals surface area contributed by atoms with Gasteiger partial charge in [-0.3, -0.25) is 4.79 Å². The van der Waals surface area contributed by atoms with Crippen molar-refractivity contribution in [2.45, 2.75) is 13.0 Å². The summed E-state index contributed by atoms with van der Waals surface area (Å²) in [6, 6.07) is 5.66. The fraction of sp³-hybridized carbons (Fsp3) is 0.375. The topological polar surface area (TPSA) is 68.4 Å². The van der Waals surface area contributed by atoms with E-state index in [-0.39, 0.29) is 18.0 Å². The van der Waals surface area contributed by atoms with Crippen LogP contribution in [0.2, 0.25) is 5.02 Å². The van der Waals surface area contributed by atoms with Gasteiger partial charge in [-0.1, -0.05) is 11.6 Å². The van der Waals surface area contributed by atoms with Gasteiger partial charge in [0.05, 0.1) is 6.04 Å². The molecule has 0 aliphatic carbocycles. The molecule has 4 rings (SSSR count). The van der Waals surface area contributed by atoms with Crippen molar-refractivity contribution in [3.05, 3.63) is 34.5 Å². The number of hydrogen-bond acceptors (Lipinski definition) is 2. The summed E-state index contributed by atoms with van der Waals surface area (Å²) in [4.78, 5) is 31.0. The third-order valence-corrected chi connectivity index (χ3v) is 4.82. The quantitative estimate of drug-likeness (QED) is 0.883. The van der Waals surface area contributed by atoms with E-state index in [9.17, 15) is 9.59 Å². The van der Waals surface area contributed by atoms with Crippen molar-refractivity contribution < 1.29 is 9.59 Å². The Labute approximate surface area is 138 Å². The van der Waals surface area contributed by atoms with Crippen LogP contribution in [-0.2, 0) is 0 Å². The molecule has 2 aliphatic heterocycles. The van der Waals surface area contributed by atoms with Crippen LogP contribution in [0.15, 0.2) is 18.2 Å². The molecular formula is C16H17ClN4O2. The second kappa shape index (κ2) is 5.16. The number of halogens is 1. The Kier molecular flexibility index (Phi) is 3.23. The van der Waals surface area contributed by atoms with Crippen molar-refractivity contribution in [2.24, 2.45) is 0 Å². The van der Waals surface area contributed by atoms with Gasteiger partial charge in [-0.25, -0.2) is 4.79 Å². The first-order chi connectivity index (χ1) is 11.0. The summed E-state index contributed by atoms with van der Waals surface area (Å²) >= 11 is 6.07. The number of fused-ring (bicyclic) bond motifs is 1. The molecule has 2 aliphatic rings. The molecule has 2 aromatic rings. The largest absolute Gasteiger partial charge is 0.350 e. The van der Waals surface area contributed by atoms with Crippen LogP contribution < -0.4 is 5.32 Å². The molecule has 120 valence electrons. The number of carbonyl (C=O) groups excluding carboxylic acids is 2. The fourth-order valence-electron chi connectivity index (χ4n) is 3.32. The van der Waals surface area contributed by atoms with Gasteiger partial charge in [0, 0.05) is 42.1 Å². The number of likely N-dealkylation sites (tertiary alicyclic amines) is 1. The van der Waals surface area contributed by atoms with Crippen LogP contribution in [0.1, 0.15) is 16.1 Å². The summed E-state index contributed by atoms with van der Waals surface area (Å²) in [5.74, 6) is -0.0347. The van der Waals surface area contributed by atoms with Crippen molar-refractivity contribution in [3.8, 4) is 0 Å². The van der Waals surface area contributed by atoms with Gasteiger partial charge >= 0.3 is 6.03 Å². The lowest BCUT2D eigenvalue weighted by Crippen LogP contribution is -2.61. The monoisotopic (exact) mass is 332 g/mol. The highest BCUT2D eigenvalue weighted by atomic mass is 35.5. The zero-order valence-corrected chi connectivity index (χ0v) is 13.5. The third kappa shape index (κ3) is 2.34. The molecule has 3 amide bonds. The Morgan fingerprint density at radius 3 is 2.78 bits per heavy atom. The maximum absolute atomic E-state index is 12.6. The molecule has 1 aromatic carbocycles. The highest BCUT2D eigenvalue weighted by Gasteiger charge is 2.39. The Morgan fingerprint density at radius 2 is 2.09 bits per heavy atom. The third-order valence-electron chi connectivity index (χ3n) is 4.60. The van der Waals surface area contributed by atoms with E-state index in [4.69, 9.17) is 11.6 Å². The molecule has 6 nitrogen and oxygen atoms in total. The van der Waals surface area contributed by atoms with Crippen LogP contribution in [0.3, 0.4) is 0 Å². The second-order valence-corrected chi connectivity index (χ2v) is 6.60. The summed E-state index contributed by atoms with van der Waals surface area (Å²) in [5, 5.41) is 4.39. The fourth-order valence-corrected chi connectivity index (χ4v) is 3.60. The molecule has 3 heterocycles. The Hall–Kier alpha value is -2.21. The van der Waals surface area contributed by atoms with Gasteiger partial charge < -0.3 is 20.1 Å². The van der Waals surface area contributed by atoms with Crippen molar-refractivity contribution in [3.63, 3.8) is 0 Å². The average molecular weight is 333 g/mol. The Balaban J connectivity index is 1.50. The number of H-pyrrole nitrogens is 1. The maximum atomic E-state index is 12.6. The number of hydrogen-bond donors (Lipinski definition) is 2. The van der Waals surface area contributed by atoms with Gasteiger partial charge in [-0.05, 0) is 30.7 Å². The SMILES string of the molecule is Cc1cc(Cl)cc2cc(C(=O)N3CC(N4CCNC4=O)C3)[nH]c12. The number of rotatable bonds is 2. The molecular weight excluding hydrogens is 316 g/mol. The average Bonchev–Trinajstić information content (AvgIpc) is 3.04. The van der Waals surface area contributed by atoms with E-state index in [0.717, 1.165) is 23.0 Å². The van der Waals surface area contributed by atoms with E-state index in [1.54, 1.807) is 9.80 Å². The van der Waals surface area contributed by atoms with Gasteiger partial charge in [0.15, 0.2) is 0 Å². The molecule has 23 heavy (non-hydrogen) atoms. The molecule has 0 bridgehead atoms. The maximum Gasteiger partial charge on any atom is 0.317 e. The second-order valence-electron chi connectivity index (χ2n) is 6.16. The predicted molar refractivity (Wildman–Crippen MR) is 87.8 cm³/mol. The molecule has 7 heteroatoms. The van der Waals surface area contributed by atoms with Crippen molar-refractivity contribution >= 4 is 34.4 Å². The van der Waals surface area contributed by atoms with E-state index in [1.807, 2.05) is 25.1 Å². The lowest BCUT2D eigenvalue weighted by Gasteiger charge is -2.43.